The maximum Gasteiger partial charge on any atom is 0.126 e. The summed E-state index contributed by atoms with van der Waals surface area (Å²) in [5, 5.41) is 0. The molecule has 1 aliphatic rings. The van der Waals surface area contributed by atoms with Gasteiger partial charge in [0.15, 0.2) is 0 Å². The highest BCUT2D eigenvalue weighted by Crippen LogP contribution is 2.34. The second-order valence-corrected chi connectivity index (χ2v) is 3.99. The van der Waals surface area contributed by atoms with Crippen LogP contribution < -0.4 is 0 Å². The summed E-state index contributed by atoms with van der Waals surface area (Å²) >= 11 is 0. The van der Waals surface area contributed by atoms with Crippen molar-refractivity contribution in [2.75, 3.05) is 0 Å². The van der Waals surface area contributed by atoms with E-state index >= 15 is 0 Å². The quantitative estimate of drug-likeness (QED) is 0.756. The van der Waals surface area contributed by atoms with Gasteiger partial charge in [-0.25, -0.2) is 9.37 Å². The number of hydrogen-bond donors (Lipinski definition) is 1. The fourth-order valence-electron chi connectivity index (χ4n) is 2.32. The minimum absolute atomic E-state index is 0.0745. The smallest absolute Gasteiger partial charge is 0.126 e. The van der Waals surface area contributed by atoms with Crippen molar-refractivity contribution in [2.45, 2.75) is 18.8 Å². The van der Waals surface area contributed by atoms with E-state index in [1.54, 1.807) is 12.4 Å². The number of fused-ring (bicyclic) bond motifs is 1. The van der Waals surface area contributed by atoms with Crippen LogP contribution in [0.5, 0.6) is 0 Å². The number of aromatic nitrogens is 2. The van der Waals surface area contributed by atoms with Gasteiger partial charge in [-0.05, 0) is 30.0 Å². The third-order valence-corrected chi connectivity index (χ3v) is 3.09. The minimum Gasteiger partial charge on any atom is -0.348 e. The number of nitrogens with zero attached hydrogens (tertiary/aromatic N) is 1. The van der Waals surface area contributed by atoms with Crippen LogP contribution >= 0.6 is 0 Å². The van der Waals surface area contributed by atoms with Crippen molar-refractivity contribution in [1.29, 1.82) is 0 Å². The highest BCUT2D eigenvalue weighted by molar-refractivity contribution is 5.36. The number of aromatic amines is 1. The lowest BCUT2D eigenvalue weighted by atomic mass is 10.0. The molecule has 1 atom stereocenters. The molecule has 0 radical (unpaired) electrons. The number of nitrogens with one attached hydrogen (secondary N) is 1. The summed E-state index contributed by atoms with van der Waals surface area (Å²) in [7, 11) is 0. The molecule has 1 aromatic heterocycles. The van der Waals surface area contributed by atoms with Gasteiger partial charge < -0.3 is 4.98 Å². The Balaban J connectivity index is 1.96. The van der Waals surface area contributed by atoms with E-state index in [0.717, 1.165) is 29.7 Å². The average molecular weight is 202 g/mol. The molecule has 0 amide bonds. The van der Waals surface area contributed by atoms with E-state index in [4.69, 9.17) is 0 Å². The van der Waals surface area contributed by atoms with Gasteiger partial charge in [-0.3, -0.25) is 0 Å². The lowest BCUT2D eigenvalue weighted by Gasteiger charge is -2.04. The van der Waals surface area contributed by atoms with E-state index in [2.05, 4.69) is 9.97 Å². The van der Waals surface area contributed by atoms with Gasteiger partial charge in [0.25, 0.3) is 0 Å². The van der Waals surface area contributed by atoms with Gasteiger partial charge in [0.1, 0.15) is 5.82 Å². The van der Waals surface area contributed by atoms with Gasteiger partial charge >= 0.3 is 0 Å². The lowest BCUT2D eigenvalue weighted by Crippen LogP contribution is -1.97. The van der Waals surface area contributed by atoms with E-state index in [1.807, 2.05) is 12.3 Å². The molecule has 0 bridgehead atoms. The molecule has 0 fully saturated rings. The molecule has 76 valence electrons. The highest BCUT2D eigenvalue weighted by Gasteiger charge is 2.25. The summed E-state index contributed by atoms with van der Waals surface area (Å²) in [6, 6.07) is 5.33. The van der Waals surface area contributed by atoms with Crippen molar-refractivity contribution in [1.82, 2.24) is 9.97 Å². The predicted octanol–water partition coefficient (Wildman–Crippen LogP) is 2.43. The van der Waals surface area contributed by atoms with E-state index < -0.39 is 0 Å². The Hall–Kier alpha value is -1.64. The van der Waals surface area contributed by atoms with Crippen molar-refractivity contribution in [2.24, 2.45) is 0 Å². The standard InChI is InChI=1S/C12H11FN2/c13-11-3-1-2-8-4-9(5-10(8)11)12-6-14-7-15-12/h1-3,6-7,9H,4-5H2,(H,14,15). The minimum atomic E-state index is -0.0745. The van der Waals surface area contributed by atoms with E-state index in [1.165, 1.54) is 6.07 Å². The number of halogens is 1. The largest absolute Gasteiger partial charge is 0.348 e. The zero-order chi connectivity index (χ0) is 10.3. The fraction of sp³-hybridized carbons (Fsp3) is 0.250. The topological polar surface area (TPSA) is 28.7 Å². The molecule has 1 unspecified atom stereocenters. The third kappa shape index (κ3) is 1.35. The Kier molecular flexibility index (Phi) is 1.84. The SMILES string of the molecule is Fc1cccc2c1CC(c1cnc[nH]1)C2. The summed E-state index contributed by atoms with van der Waals surface area (Å²) in [5.74, 6) is 0.286. The van der Waals surface area contributed by atoms with Gasteiger partial charge in [-0.1, -0.05) is 12.1 Å². The third-order valence-electron chi connectivity index (χ3n) is 3.09. The summed E-state index contributed by atoms with van der Waals surface area (Å²) < 4.78 is 13.5. The van der Waals surface area contributed by atoms with Crippen LogP contribution in [0.4, 0.5) is 4.39 Å². The van der Waals surface area contributed by atoms with Crippen molar-refractivity contribution < 1.29 is 4.39 Å². The number of H-pyrrole nitrogens is 1. The molecule has 0 spiro atoms. The first-order chi connectivity index (χ1) is 7.34. The van der Waals surface area contributed by atoms with Gasteiger partial charge in [0.05, 0.1) is 6.33 Å². The molecular weight excluding hydrogens is 191 g/mol. The maximum absolute atomic E-state index is 13.5. The number of rotatable bonds is 1. The van der Waals surface area contributed by atoms with Crippen LogP contribution in [0.3, 0.4) is 0 Å². The Morgan fingerprint density at radius 3 is 3.00 bits per heavy atom. The summed E-state index contributed by atoms with van der Waals surface area (Å²) in [4.78, 5) is 7.10. The highest BCUT2D eigenvalue weighted by atomic mass is 19.1. The molecule has 15 heavy (non-hydrogen) atoms. The zero-order valence-electron chi connectivity index (χ0n) is 8.20. The first kappa shape index (κ1) is 8.65. The molecule has 3 rings (SSSR count). The molecule has 1 heterocycles. The van der Waals surface area contributed by atoms with Crippen molar-refractivity contribution >= 4 is 0 Å². The normalized spacial score (nSPS) is 19.1. The Labute approximate surface area is 87.2 Å². The van der Waals surface area contributed by atoms with Crippen LogP contribution in [-0.2, 0) is 12.8 Å². The second kappa shape index (κ2) is 3.19. The predicted molar refractivity (Wildman–Crippen MR) is 55.1 cm³/mol. The monoisotopic (exact) mass is 202 g/mol. The van der Waals surface area contributed by atoms with Crippen LogP contribution in [-0.4, -0.2) is 9.97 Å². The second-order valence-electron chi connectivity index (χ2n) is 3.99. The molecule has 2 aromatic rings. The maximum atomic E-state index is 13.5. The number of hydrogen-bond acceptors (Lipinski definition) is 1. The molecule has 0 saturated carbocycles. The van der Waals surface area contributed by atoms with Crippen molar-refractivity contribution in [3.05, 3.63) is 53.4 Å². The van der Waals surface area contributed by atoms with Crippen LogP contribution in [0.25, 0.3) is 0 Å². The van der Waals surface area contributed by atoms with Crippen LogP contribution in [0.15, 0.2) is 30.7 Å². The van der Waals surface area contributed by atoms with Crippen molar-refractivity contribution in [3.8, 4) is 0 Å². The Morgan fingerprint density at radius 2 is 2.27 bits per heavy atom. The van der Waals surface area contributed by atoms with E-state index in [0.29, 0.717) is 5.92 Å². The molecular formula is C12H11FN2. The number of benzene rings is 1. The number of imidazole rings is 1. The van der Waals surface area contributed by atoms with Crippen LogP contribution in [0.1, 0.15) is 22.7 Å². The molecule has 1 aliphatic carbocycles. The van der Waals surface area contributed by atoms with Gasteiger partial charge in [0, 0.05) is 17.8 Å². The van der Waals surface area contributed by atoms with Crippen molar-refractivity contribution in [3.63, 3.8) is 0 Å². The molecule has 2 nitrogen and oxygen atoms in total. The first-order valence-corrected chi connectivity index (χ1v) is 5.09. The van der Waals surface area contributed by atoms with Gasteiger partial charge in [-0.15, -0.1) is 0 Å². The van der Waals surface area contributed by atoms with E-state index in [9.17, 15) is 4.39 Å². The first-order valence-electron chi connectivity index (χ1n) is 5.09. The van der Waals surface area contributed by atoms with Gasteiger partial charge in [0.2, 0.25) is 0 Å². The summed E-state index contributed by atoms with van der Waals surface area (Å²) in [6.45, 7) is 0. The van der Waals surface area contributed by atoms with Crippen LogP contribution in [0, 0.1) is 5.82 Å². The van der Waals surface area contributed by atoms with Gasteiger partial charge in [-0.2, -0.15) is 0 Å². The fourth-order valence-corrected chi connectivity index (χ4v) is 2.32. The lowest BCUT2D eigenvalue weighted by molar-refractivity contribution is 0.606. The molecule has 3 heteroatoms. The van der Waals surface area contributed by atoms with E-state index in [-0.39, 0.29) is 5.82 Å². The summed E-state index contributed by atoms with van der Waals surface area (Å²) in [6.07, 6.45) is 5.20. The molecule has 0 aliphatic heterocycles. The zero-order valence-corrected chi connectivity index (χ0v) is 8.20. The van der Waals surface area contributed by atoms with Crippen LogP contribution in [0.2, 0.25) is 0 Å². The summed E-state index contributed by atoms with van der Waals surface area (Å²) in [5.41, 5.74) is 3.11. The molecule has 1 N–H and O–H groups in total. The Bertz CT molecular complexity index is 476. The molecule has 0 saturated heterocycles. The average Bonchev–Trinajstić information content (AvgIpc) is 2.86. The molecule has 1 aromatic carbocycles. The Morgan fingerprint density at radius 1 is 1.33 bits per heavy atom.